The van der Waals surface area contributed by atoms with Gasteiger partial charge in [-0.1, -0.05) is 6.07 Å². The first-order chi connectivity index (χ1) is 9.72. The lowest BCUT2D eigenvalue weighted by Crippen LogP contribution is -2.47. The molecule has 7 heteroatoms. The first-order valence-electron chi connectivity index (χ1n) is 6.41. The molecule has 3 unspecified atom stereocenters. The zero-order valence-electron chi connectivity index (χ0n) is 11.3. The summed E-state index contributed by atoms with van der Waals surface area (Å²) in [6.07, 6.45) is 0.478. The van der Waals surface area contributed by atoms with Crippen LogP contribution >= 0.6 is 0 Å². The first kappa shape index (κ1) is 15.4. The number of carbonyl (C=O) groups excluding carboxylic acids is 1. The maximum atomic E-state index is 13.1. The van der Waals surface area contributed by atoms with Gasteiger partial charge in [0, 0.05) is 5.92 Å². The quantitative estimate of drug-likeness (QED) is 0.757. The molecule has 0 heterocycles. The molecule has 2 rings (SSSR count). The van der Waals surface area contributed by atoms with Crippen molar-refractivity contribution in [1.29, 1.82) is 0 Å². The minimum absolute atomic E-state index is 0.213. The van der Waals surface area contributed by atoms with Crippen LogP contribution in [0.15, 0.2) is 18.2 Å². The molecule has 1 saturated carbocycles. The Labute approximate surface area is 119 Å². The largest absolute Gasteiger partial charge is 0.479 e. The van der Waals surface area contributed by atoms with Gasteiger partial charge < -0.3 is 15.5 Å². The van der Waals surface area contributed by atoms with Gasteiger partial charge in [0.05, 0.1) is 6.54 Å². The number of aliphatic carboxylic acids is 1. The fourth-order valence-corrected chi connectivity index (χ4v) is 2.06. The average molecular weight is 299 g/mol. The van der Waals surface area contributed by atoms with E-state index in [2.05, 4.69) is 5.32 Å². The number of carboxylic acid groups (broad SMARTS) is 1. The molecule has 21 heavy (non-hydrogen) atoms. The number of carbonyl (C=O) groups is 2. The third kappa shape index (κ3) is 3.36. The van der Waals surface area contributed by atoms with Crippen molar-refractivity contribution >= 4 is 11.9 Å². The summed E-state index contributed by atoms with van der Waals surface area (Å²) >= 11 is 0. The zero-order valence-corrected chi connectivity index (χ0v) is 11.3. The van der Waals surface area contributed by atoms with E-state index in [9.17, 15) is 23.5 Å². The molecule has 1 aromatic carbocycles. The molecule has 0 aliphatic heterocycles. The minimum atomic E-state index is -2.04. The molecule has 5 nitrogen and oxygen atoms in total. The molecule has 0 aromatic heterocycles. The number of amides is 1. The summed E-state index contributed by atoms with van der Waals surface area (Å²) in [5.41, 5.74) is -1.51. The maximum Gasteiger partial charge on any atom is 0.337 e. The molecule has 1 aromatic rings. The van der Waals surface area contributed by atoms with Crippen LogP contribution in [0.4, 0.5) is 8.78 Å². The fourth-order valence-electron chi connectivity index (χ4n) is 2.06. The van der Waals surface area contributed by atoms with Crippen molar-refractivity contribution < 1.29 is 28.6 Å². The summed E-state index contributed by atoms with van der Waals surface area (Å²) in [5.74, 6) is -4.39. The Kier molecular flexibility index (Phi) is 3.95. The first-order valence-corrected chi connectivity index (χ1v) is 6.41. The third-order valence-corrected chi connectivity index (χ3v) is 3.57. The summed E-state index contributed by atoms with van der Waals surface area (Å²) in [6, 6.07) is 3.48. The van der Waals surface area contributed by atoms with Crippen LogP contribution in [0.5, 0.6) is 0 Å². The van der Waals surface area contributed by atoms with Gasteiger partial charge in [-0.05, 0) is 37.0 Å². The maximum absolute atomic E-state index is 13.1. The summed E-state index contributed by atoms with van der Waals surface area (Å²) in [4.78, 5) is 22.5. The second kappa shape index (κ2) is 5.40. The number of aliphatic hydroxyl groups is 1. The van der Waals surface area contributed by atoms with E-state index in [4.69, 9.17) is 5.11 Å². The summed E-state index contributed by atoms with van der Waals surface area (Å²) in [6.45, 7) is 0.664. The number of halogens is 2. The van der Waals surface area contributed by atoms with Gasteiger partial charge in [-0.25, -0.2) is 13.6 Å². The highest BCUT2D eigenvalue weighted by Gasteiger charge is 2.44. The van der Waals surface area contributed by atoms with Crippen LogP contribution in [0.2, 0.25) is 0 Å². The molecular formula is C14H15F2NO4. The minimum Gasteiger partial charge on any atom is -0.479 e. The van der Waals surface area contributed by atoms with Crippen LogP contribution in [-0.4, -0.2) is 34.2 Å². The standard InChI is InChI=1S/C14H15F2NO4/c1-14(21,13(19)20)6-17-12(18)9-5-8(9)7-2-3-10(15)11(16)4-7/h2-4,8-9,21H,5-6H2,1H3,(H,17,18)(H,19,20). The van der Waals surface area contributed by atoms with Crippen LogP contribution < -0.4 is 5.32 Å². The predicted molar refractivity (Wildman–Crippen MR) is 68.5 cm³/mol. The van der Waals surface area contributed by atoms with Crippen molar-refractivity contribution in [2.45, 2.75) is 24.9 Å². The topological polar surface area (TPSA) is 86.6 Å². The lowest BCUT2D eigenvalue weighted by Gasteiger charge is -2.18. The highest BCUT2D eigenvalue weighted by atomic mass is 19.2. The Hall–Kier alpha value is -2.02. The van der Waals surface area contributed by atoms with Gasteiger partial charge in [0.2, 0.25) is 5.91 Å². The van der Waals surface area contributed by atoms with E-state index in [-0.39, 0.29) is 5.92 Å². The van der Waals surface area contributed by atoms with Crippen molar-refractivity contribution in [3.63, 3.8) is 0 Å². The summed E-state index contributed by atoms with van der Waals surface area (Å²) < 4.78 is 25.9. The van der Waals surface area contributed by atoms with E-state index in [0.29, 0.717) is 12.0 Å². The number of hydrogen-bond acceptors (Lipinski definition) is 3. The van der Waals surface area contributed by atoms with Crippen molar-refractivity contribution in [3.05, 3.63) is 35.4 Å². The normalized spacial score (nSPS) is 23.2. The molecule has 1 fully saturated rings. The number of carboxylic acids is 1. The third-order valence-electron chi connectivity index (χ3n) is 3.57. The number of benzene rings is 1. The summed E-state index contributed by atoms with van der Waals surface area (Å²) in [7, 11) is 0. The highest BCUT2D eigenvalue weighted by molar-refractivity contribution is 5.84. The fraction of sp³-hybridized carbons (Fsp3) is 0.429. The lowest BCUT2D eigenvalue weighted by molar-refractivity contribution is -0.156. The van der Waals surface area contributed by atoms with Crippen LogP contribution in [0.1, 0.15) is 24.8 Å². The molecule has 3 N–H and O–H groups in total. The molecule has 1 aliphatic rings. The SMILES string of the molecule is CC(O)(CNC(=O)C1CC1c1ccc(F)c(F)c1)C(=O)O. The molecule has 1 aliphatic carbocycles. The molecular weight excluding hydrogens is 284 g/mol. The summed E-state index contributed by atoms with van der Waals surface area (Å²) in [5, 5.41) is 20.6. The van der Waals surface area contributed by atoms with Gasteiger partial charge in [-0.15, -0.1) is 0 Å². The second-order valence-corrected chi connectivity index (χ2v) is 5.42. The number of nitrogens with one attached hydrogen (secondary N) is 1. The van der Waals surface area contributed by atoms with Crippen molar-refractivity contribution in [1.82, 2.24) is 5.32 Å². The second-order valence-electron chi connectivity index (χ2n) is 5.42. The predicted octanol–water partition coefficient (Wildman–Crippen LogP) is 1.02. The van der Waals surface area contributed by atoms with Gasteiger partial charge in [-0.3, -0.25) is 4.79 Å². The van der Waals surface area contributed by atoms with Crippen molar-refractivity contribution in [2.75, 3.05) is 6.54 Å². The van der Waals surface area contributed by atoms with Crippen LogP contribution in [0.3, 0.4) is 0 Å². The smallest absolute Gasteiger partial charge is 0.337 e. The van der Waals surface area contributed by atoms with Crippen LogP contribution in [-0.2, 0) is 9.59 Å². The molecule has 1 amide bonds. The average Bonchev–Trinajstić information content (AvgIpc) is 3.19. The lowest BCUT2D eigenvalue weighted by atomic mass is 10.1. The van der Waals surface area contributed by atoms with Crippen molar-refractivity contribution in [2.24, 2.45) is 5.92 Å². The van der Waals surface area contributed by atoms with E-state index >= 15 is 0 Å². The monoisotopic (exact) mass is 299 g/mol. The van der Waals surface area contributed by atoms with E-state index in [1.54, 1.807) is 0 Å². The van der Waals surface area contributed by atoms with Crippen molar-refractivity contribution in [3.8, 4) is 0 Å². The molecule has 114 valence electrons. The van der Waals surface area contributed by atoms with E-state index < -0.39 is 41.6 Å². The van der Waals surface area contributed by atoms with E-state index in [0.717, 1.165) is 19.1 Å². The van der Waals surface area contributed by atoms with E-state index in [1.165, 1.54) is 6.07 Å². The molecule has 0 spiro atoms. The Balaban J connectivity index is 1.92. The number of hydrogen-bond donors (Lipinski definition) is 3. The van der Waals surface area contributed by atoms with Crippen LogP contribution in [0.25, 0.3) is 0 Å². The molecule has 0 saturated heterocycles. The zero-order chi connectivity index (χ0) is 15.8. The van der Waals surface area contributed by atoms with Gasteiger partial charge in [-0.2, -0.15) is 0 Å². The Bertz CT molecular complexity index is 588. The van der Waals surface area contributed by atoms with E-state index in [1.807, 2.05) is 0 Å². The Morgan fingerprint density at radius 3 is 2.62 bits per heavy atom. The number of rotatable bonds is 5. The Morgan fingerprint density at radius 2 is 2.05 bits per heavy atom. The molecule has 0 radical (unpaired) electrons. The molecule has 0 bridgehead atoms. The van der Waals surface area contributed by atoms with Gasteiger partial charge in [0.1, 0.15) is 0 Å². The highest BCUT2D eigenvalue weighted by Crippen LogP contribution is 2.47. The van der Waals surface area contributed by atoms with Gasteiger partial charge in [0.25, 0.3) is 0 Å². The van der Waals surface area contributed by atoms with Gasteiger partial charge in [0.15, 0.2) is 17.2 Å². The van der Waals surface area contributed by atoms with Gasteiger partial charge >= 0.3 is 5.97 Å². The Morgan fingerprint density at radius 1 is 1.38 bits per heavy atom. The molecule has 3 atom stereocenters. The van der Waals surface area contributed by atoms with Crippen LogP contribution in [0, 0.1) is 17.6 Å².